The molecule has 0 atom stereocenters. The average Bonchev–Trinajstić information content (AvgIpc) is 3.31. The molecular formula is C20H15FN4O2S2. The lowest BCUT2D eigenvalue weighted by Crippen LogP contribution is -2.16. The van der Waals surface area contributed by atoms with Crippen LogP contribution in [0.15, 0.2) is 53.8 Å². The third kappa shape index (κ3) is 3.79. The molecule has 0 unspecified atom stereocenters. The van der Waals surface area contributed by atoms with Crippen LogP contribution in [0, 0.1) is 5.82 Å². The highest BCUT2D eigenvalue weighted by Gasteiger charge is 2.19. The maximum Gasteiger partial charge on any atom is 0.276 e. The van der Waals surface area contributed by atoms with E-state index >= 15 is 0 Å². The first-order valence-electron chi connectivity index (χ1n) is 8.57. The second-order valence-corrected chi connectivity index (χ2v) is 7.96. The van der Waals surface area contributed by atoms with Gasteiger partial charge in [-0.25, -0.2) is 14.4 Å². The van der Waals surface area contributed by atoms with E-state index in [9.17, 15) is 14.0 Å². The molecule has 29 heavy (non-hydrogen) atoms. The Labute approximate surface area is 173 Å². The molecule has 2 aromatic heterocycles. The summed E-state index contributed by atoms with van der Waals surface area (Å²) in [7, 11) is 0. The van der Waals surface area contributed by atoms with Gasteiger partial charge in [0.05, 0.1) is 16.4 Å². The van der Waals surface area contributed by atoms with Crippen molar-refractivity contribution in [3.63, 3.8) is 0 Å². The summed E-state index contributed by atoms with van der Waals surface area (Å²) >= 11 is 2.67. The number of imidazole rings is 1. The number of nitrogens with zero attached hydrogens (tertiary/aromatic N) is 3. The van der Waals surface area contributed by atoms with Crippen LogP contribution in [0.2, 0.25) is 0 Å². The van der Waals surface area contributed by atoms with E-state index < -0.39 is 0 Å². The number of thioether (sulfide) groups is 1. The highest BCUT2D eigenvalue weighted by Crippen LogP contribution is 2.28. The maximum atomic E-state index is 13.3. The van der Waals surface area contributed by atoms with Crippen LogP contribution in [-0.2, 0) is 0 Å². The fourth-order valence-corrected chi connectivity index (χ4v) is 4.28. The first-order chi connectivity index (χ1) is 14.0. The van der Waals surface area contributed by atoms with Gasteiger partial charge in [-0.2, -0.15) is 0 Å². The SMILES string of the molecule is CSc1ncc(C(=O)Nc2nc3ccc(C(C)=O)cc3s2)n1-c1ccc(F)cc1. The largest absolute Gasteiger partial charge is 0.296 e. The Hall–Kier alpha value is -3.04. The third-order valence-corrected chi connectivity index (χ3v) is 5.83. The zero-order valence-electron chi connectivity index (χ0n) is 15.5. The first kappa shape index (κ1) is 19.3. The zero-order valence-corrected chi connectivity index (χ0v) is 17.1. The Kier molecular flexibility index (Phi) is 5.16. The number of aromatic nitrogens is 3. The normalized spacial score (nSPS) is 11.0. The Morgan fingerprint density at radius 2 is 1.93 bits per heavy atom. The predicted octanol–water partition coefficient (Wildman–Crippen LogP) is 4.80. The molecule has 146 valence electrons. The molecule has 9 heteroatoms. The van der Waals surface area contributed by atoms with E-state index in [1.54, 1.807) is 34.9 Å². The van der Waals surface area contributed by atoms with Crippen LogP contribution in [0.1, 0.15) is 27.8 Å². The number of hydrogen-bond acceptors (Lipinski definition) is 6. The van der Waals surface area contributed by atoms with E-state index in [0.717, 1.165) is 4.70 Å². The van der Waals surface area contributed by atoms with Crippen LogP contribution < -0.4 is 5.32 Å². The van der Waals surface area contributed by atoms with Gasteiger partial charge in [-0.05, 0) is 55.6 Å². The Morgan fingerprint density at radius 1 is 1.17 bits per heavy atom. The molecule has 0 saturated heterocycles. The van der Waals surface area contributed by atoms with Gasteiger partial charge < -0.3 is 0 Å². The maximum absolute atomic E-state index is 13.3. The van der Waals surface area contributed by atoms with Crippen molar-refractivity contribution in [2.75, 3.05) is 11.6 Å². The van der Waals surface area contributed by atoms with E-state index in [2.05, 4.69) is 15.3 Å². The van der Waals surface area contributed by atoms with E-state index in [4.69, 9.17) is 0 Å². The lowest BCUT2D eigenvalue weighted by atomic mass is 10.1. The number of Topliss-reactive ketones (excluding diaryl/α,β-unsaturated/α-hetero) is 1. The van der Waals surface area contributed by atoms with Gasteiger partial charge in [0.2, 0.25) is 0 Å². The van der Waals surface area contributed by atoms with E-state index in [-0.39, 0.29) is 17.5 Å². The van der Waals surface area contributed by atoms with Gasteiger partial charge in [-0.15, -0.1) is 0 Å². The number of amides is 1. The second-order valence-electron chi connectivity index (χ2n) is 6.15. The number of benzene rings is 2. The first-order valence-corrected chi connectivity index (χ1v) is 10.6. The minimum atomic E-state index is -0.382. The fraction of sp³-hybridized carbons (Fsp3) is 0.100. The van der Waals surface area contributed by atoms with Crippen molar-refractivity contribution in [1.29, 1.82) is 0 Å². The van der Waals surface area contributed by atoms with Crippen molar-refractivity contribution < 1.29 is 14.0 Å². The molecule has 1 N–H and O–H groups in total. The van der Waals surface area contributed by atoms with Crippen LogP contribution in [0.25, 0.3) is 15.9 Å². The number of carbonyl (C=O) groups excluding carboxylic acids is 2. The third-order valence-electron chi connectivity index (χ3n) is 4.24. The standard InChI is InChI=1S/C20H15FN4O2S2/c1-11(26)12-3-8-15-17(9-12)29-19(23-15)24-18(27)16-10-22-20(28-2)25(16)14-6-4-13(21)5-7-14/h3-10H,1-2H3,(H,23,24,27). The van der Waals surface area contributed by atoms with Crippen molar-refractivity contribution in [1.82, 2.24) is 14.5 Å². The van der Waals surface area contributed by atoms with Gasteiger partial charge in [0.15, 0.2) is 16.1 Å². The van der Waals surface area contributed by atoms with Crippen molar-refractivity contribution in [3.8, 4) is 5.69 Å². The quantitative estimate of drug-likeness (QED) is 0.366. The smallest absolute Gasteiger partial charge is 0.276 e. The molecule has 0 saturated carbocycles. The number of rotatable bonds is 5. The molecule has 0 aliphatic heterocycles. The number of nitrogens with one attached hydrogen (secondary N) is 1. The van der Waals surface area contributed by atoms with E-state index in [0.29, 0.717) is 32.7 Å². The molecule has 0 bridgehead atoms. The number of ketones is 1. The summed E-state index contributed by atoms with van der Waals surface area (Å²) in [6.07, 6.45) is 3.33. The molecule has 6 nitrogen and oxygen atoms in total. The van der Waals surface area contributed by atoms with Crippen molar-refractivity contribution in [3.05, 3.63) is 65.7 Å². The summed E-state index contributed by atoms with van der Waals surface area (Å²) < 4.78 is 15.8. The summed E-state index contributed by atoms with van der Waals surface area (Å²) in [4.78, 5) is 33.2. The molecule has 2 aromatic carbocycles. The van der Waals surface area contributed by atoms with Crippen LogP contribution in [0.5, 0.6) is 0 Å². The van der Waals surface area contributed by atoms with E-state index in [1.807, 2.05) is 6.26 Å². The van der Waals surface area contributed by atoms with Gasteiger partial charge >= 0.3 is 0 Å². The number of fused-ring (bicyclic) bond motifs is 1. The minimum Gasteiger partial charge on any atom is -0.296 e. The minimum absolute atomic E-state index is 0.0290. The number of halogens is 1. The Morgan fingerprint density at radius 3 is 2.62 bits per heavy atom. The van der Waals surface area contributed by atoms with Crippen LogP contribution in [-0.4, -0.2) is 32.5 Å². The monoisotopic (exact) mass is 426 g/mol. The van der Waals surface area contributed by atoms with Gasteiger partial charge in [-0.3, -0.25) is 19.5 Å². The second kappa shape index (κ2) is 7.76. The summed E-state index contributed by atoms with van der Waals surface area (Å²) in [5.74, 6) is -0.767. The molecule has 4 rings (SSSR count). The number of anilines is 1. The Bertz CT molecular complexity index is 1230. The summed E-state index contributed by atoms with van der Waals surface area (Å²) in [6.45, 7) is 1.50. The number of carbonyl (C=O) groups is 2. The average molecular weight is 426 g/mol. The molecule has 4 aromatic rings. The van der Waals surface area contributed by atoms with Gasteiger partial charge in [0.1, 0.15) is 11.5 Å². The van der Waals surface area contributed by atoms with E-state index in [1.165, 1.54) is 48.4 Å². The molecule has 0 fully saturated rings. The van der Waals surface area contributed by atoms with Gasteiger partial charge in [0, 0.05) is 11.3 Å². The molecule has 1 amide bonds. The van der Waals surface area contributed by atoms with Crippen LogP contribution in [0.3, 0.4) is 0 Å². The fourth-order valence-electron chi connectivity index (χ4n) is 2.84. The van der Waals surface area contributed by atoms with Crippen molar-refractivity contribution >= 4 is 50.1 Å². The summed E-state index contributed by atoms with van der Waals surface area (Å²) in [6, 6.07) is 11.1. The van der Waals surface area contributed by atoms with Crippen LogP contribution >= 0.6 is 23.1 Å². The van der Waals surface area contributed by atoms with Crippen molar-refractivity contribution in [2.24, 2.45) is 0 Å². The van der Waals surface area contributed by atoms with Gasteiger partial charge in [0.25, 0.3) is 5.91 Å². The zero-order chi connectivity index (χ0) is 20.5. The molecule has 0 aliphatic carbocycles. The summed E-state index contributed by atoms with van der Waals surface area (Å²) in [5, 5.41) is 3.82. The number of hydrogen-bond donors (Lipinski definition) is 1. The summed E-state index contributed by atoms with van der Waals surface area (Å²) in [5.41, 5.74) is 2.24. The van der Waals surface area contributed by atoms with Crippen molar-refractivity contribution in [2.45, 2.75) is 12.1 Å². The Balaban J connectivity index is 1.67. The highest BCUT2D eigenvalue weighted by atomic mass is 32.2. The molecule has 0 aliphatic rings. The molecular weight excluding hydrogens is 411 g/mol. The predicted molar refractivity (Wildman–Crippen MR) is 113 cm³/mol. The molecule has 0 radical (unpaired) electrons. The number of thiazole rings is 1. The van der Waals surface area contributed by atoms with Gasteiger partial charge in [-0.1, -0.05) is 23.1 Å². The molecule has 2 heterocycles. The topological polar surface area (TPSA) is 76.9 Å². The van der Waals surface area contributed by atoms with Crippen LogP contribution in [0.4, 0.5) is 9.52 Å². The highest BCUT2D eigenvalue weighted by molar-refractivity contribution is 7.98. The lowest BCUT2D eigenvalue weighted by Gasteiger charge is -2.10. The molecule has 0 spiro atoms. The lowest BCUT2D eigenvalue weighted by molar-refractivity contribution is 0.101.